The highest BCUT2D eigenvalue weighted by Crippen LogP contribution is 2.15. The first-order chi connectivity index (χ1) is 14.3. The van der Waals surface area contributed by atoms with Crippen LogP contribution in [0.5, 0.6) is 5.75 Å². The third-order valence-electron chi connectivity index (χ3n) is 4.35. The predicted molar refractivity (Wildman–Crippen MR) is 119 cm³/mol. The minimum atomic E-state index is -0.443. The summed E-state index contributed by atoms with van der Waals surface area (Å²) in [5.41, 5.74) is 6.84. The lowest BCUT2D eigenvalue weighted by Crippen LogP contribution is -2.38. The number of methoxy groups -OCH3 is 1. The van der Waals surface area contributed by atoms with Gasteiger partial charge < -0.3 is 25.0 Å². The number of nitrogens with zero attached hydrogens (tertiary/aromatic N) is 3. The third-order valence-corrected chi connectivity index (χ3v) is 4.35. The lowest BCUT2D eigenvalue weighted by atomic mass is 10.2. The fourth-order valence-corrected chi connectivity index (χ4v) is 2.74. The van der Waals surface area contributed by atoms with Gasteiger partial charge in [-0.2, -0.15) is 0 Å². The number of hydrogen-bond acceptors (Lipinski definition) is 6. The van der Waals surface area contributed by atoms with Gasteiger partial charge >= 0.3 is 5.97 Å². The molecule has 0 heterocycles. The molecule has 0 spiro atoms. The van der Waals surface area contributed by atoms with Crippen LogP contribution in [0.15, 0.2) is 29.3 Å². The molecule has 30 heavy (non-hydrogen) atoms. The molecule has 0 saturated heterocycles. The van der Waals surface area contributed by atoms with Crippen molar-refractivity contribution in [3.8, 4) is 5.75 Å². The number of ether oxygens (including phenoxy) is 2. The second-order valence-corrected chi connectivity index (χ2v) is 7.40. The van der Waals surface area contributed by atoms with Gasteiger partial charge in [0, 0.05) is 26.1 Å². The summed E-state index contributed by atoms with van der Waals surface area (Å²) in [7, 11) is 5.06. The van der Waals surface area contributed by atoms with Crippen LogP contribution in [0.1, 0.15) is 38.2 Å². The normalized spacial score (nSPS) is 11.4. The predicted octanol–water partition coefficient (Wildman–Crippen LogP) is 2.07. The first-order valence-electron chi connectivity index (χ1n) is 10.4. The van der Waals surface area contributed by atoms with Crippen molar-refractivity contribution < 1.29 is 19.1 Å². The molecule has 0 aliphatic heterocycles. The van der Waals surface area contributed by atoms with E-state index in [1.165, 1.54) is 7.11 Å². The molecule has 1 aromatic carbocycles. The monoisotopic (exact) mass is 420 g/mol. The summed E-state index contributed by atoms with van der Waals surface area (Å²) in [5.74, 6) is 0.843. The van der Waals surface area contributed by atoms with Gasteiger partial charge in [-0.1, -0.05) is 25.5 Å². The highest BCUT2D eigenvalue weighted by molar-refractivity contribution is 5.80. The van der Waals surface area contributed by atoms with Gasteiger partial charge in [-0.25, -0.2) is 4.79 Å². The maximum absolute atomic E-state index is 12.7. The SMILES string of the molecule is CCCCC(N)=NCCCN(Cc1cccc(OCC(=O)OC)c1)C(=O)CN(C)C. The number of benzene rings is 1. The molecule has 0 unspecified atom stereocenters. The summed E-state index contributed by atoms with van der Waals surface area (Å²) in [6, 6.07) is 7.38. The van der Waals surface area contributed by atoms with Crippen molar-refractivity contribution >= 4 is 17.7 Å². The van der Waals surface area contributed by atoms with E-state index in [9.17, 15) is 9.59 Å². The van der Waals surface area contributed by atoms with Crippen LogP contribution in [0, 0.1) is 0 Å². The number of esters is 1. The molecule has 0 atom stereocenters. The number of carbonyl (C=O) groups is 2. The standard InChI is InChI=1S/C22H36N4O4/c1-5-6-11-20(23)24-12-8-13-26(21(27)16-25(2)3)15-18-9-7-10-19(14-18)30-17-22(28)29-4/h7,9-10,14H,5-6,8,11-13,15-17H2,1-4H3,(H2,23,24). The Hall–Kier alpha value is -2.61. The molecular formula is C22H36N4O4. The second-order valence-electron chi connectivity index (χ2n) is 7.40. The number of likely N-dealkylation sites (N-methyl/N-ethyl adjacent to an activating group) is 1. The molecule has 0 fully saturated rings. The number of amidine groups is 1. The van der Waals surface area contributed by atoms with Crippen LogP contribution in [0.3, 0.4) is 0 Å². The highest BCUT2D eigenvalue weighted by Gasteiger charge is 2.15. The Bertz CT molecular complexity index is 691. The zero-order chi connectivity index (χ0) is 22.4. The molecule has 0 saturated carbocycles. The maximum atomic E-state index is 12.7. The molecule has 0 aliphatic rings. The number of hydrogen-bond donors (Lipinski definition) is 1. The summed E-state index contributed by atoms with van der Waals surface area (Å²) >= 11 is 0. The maximum Gasteiger partial charge on any atom is 0.343 e. The third kappa shape index (κ3) is 10.8. The van der Waals surface area contributed by atoms with E-state index in [4.69, 9.17) is 10.5 Å². The number of unbranched alkanes of at least 4 members (excludes halogenated alkanes) is 1. The second kappa shape index (κ2) is 14.4. The van der Waals surface area contributed by atoms with E-state index in [0.717, 1.165) is 31.2 Å². The van der Waals surface area contributed by atoms with Gasteiger partial charge in [0.15, 0.2) is 6.61 Å². The van der Waals surface area contributed by atoms with Crippen LogP contribution < -0.4 is 10.5 Å². The fourth-order valence-electron chi connectivity index (χ4n) is 2.74. The number of rotatable bonds is 14. The number of aliphatic imine (C=N–C) groups is 1. The topological polar surface area (TPSA) is 97.5 Å². The number of amides is 1. The smallest absolute Gasteiger partial charge is 0.343 e. The van der Waals surface area contributed by atoms with E-state index in [1.807, 2.05) is 42.1 Å². The van der Waals surface area contributed by atoms with Crippen molar-refractivity contribution in [1.82, 2.24) is 9.80 Å². The highest BCUT2D eigenvalue weighted by atomic mass is 16.6. The lowest BCUT2D eigenvalue weighted by molar-refractivity contribution is -0.142. The zero-order valence-corrected chi connectivity index (χ0v) is 18.7. The molecule has 168 valence electrons. The van der Waals surface area contributed by atoms with Gasteiger partial charge in [-0.05, 0) is 44.6 Å². The van der Waals surface area contributed by atoms with Crippen LogP contribution in [0.2, 0.25) is 0 Å². The Balaban J connectivity index is 2.72. The van der Waals surface area contributed by atoms with Gasteiger partial charge in [0.25, 0.3) is 0 Å². The summed E-state index contributed by atoms with van der Waals surface area (Å²) in [6.07, 6.45) is 3.69. The Morgan fingerprint density at radius 2 is 1.97 bits per heavy atom. The van der Waals surface area contributed by atoms with Gasteiger partial charge in [0.05, 0.1) is 19.5 Å². The Labute approximate surface area is 180 Å². The molecule has 8 heteroatoms. The van der Waals surface area contributed by atoms with Gasteiger partial charge in [-0.3, -0.25) is 9.79 Å². The van der Waals surface area contributed by atoms with Crippen molar-refractivity contribution in [3.63, 3.8) is 0 Å². The number of carbonyl (C=O) groups excluding carboxylic acids is 2. The fraction of sp³-hybridized carbons (Fsp3) is 0.591. The molecule has 1 rings (SSSR count). The van der Waals surface area contributed by atoms with E-state index in [0.29, 0.717) is 37.8 Å². The molecule has 2 N–H and O–H groups in total. The van der Waals surface area contributed by atoms with E-state index in [1.54, 1.807) is 6.07 Å². The van der Waals surface area contributed by atoms with Crippen molar-refractivity contribution in [2.24, 2.45) is 10.7 Å². The number of nitrogens with two attached hydrogens (primary N) is 1. The average molecular weight is 421 g/mol. The van der Waals surface area contributed by atoms with E-state index >= 15 is 0 Å². The molecule has 0 aromatic heterocycles. The van der Waals surface area contributed by atoms with Crippen LogP contribution in [0.25, 0.3) is 0 Å². The minimum absolute atomic E-state index is 0.0452. The summed E-state index contributed by atoms with van der Waals surface area (Å²) in [5, 5.41) is 0. The summed E-state index contributed by atoms with van der Waals surface area (Å²) < 4.78 is 10.0. The van der Waals surface area contributed by atoms with Gasteiger partial charge in [0.1, 0.15) is 5.75 Å². The van der Waals surface area contributed by atoms with Crippen molar-refractivity contribution in [3.05, 3.63) is 29.8 Å². The van der Waals surface area contributed by atoms with Crippen LogP contribution in [-0.4, -0.2) is 75.0 Å². The van der Waals surface area contributed by atoms with Crippen LogP contribution in [0.4, 0.5) is 0 Å². The van der Waals surface area contributed by atoms with E-state index in [-0.39, 0.29) is 12.5 Å². The Morgan fingerprint density at radius 1 is 1.20 bits per heavy atom. The molecule has 0 radical (unpaired) electrons. The quantitative estimate of drug-likeness (QED) is 0.214. The molecular weight excluding hydrogens is 384 g/mol. The molecule has 0 aliphatic carbocycles. The van der Waals surface area contributed by atoms with Gasteiger partial charge in [-0.15, -0.1) is 0 Å². The van der Waals surface area contributed by atoms with E-state index in [2.05, 4.69) is 16.7 Å². The largest absolute Gasteiger partial charge is 0.482 e. The lowest BCUT2D eigenvalue weighted by Gasteiger charge is -2.24. The van der Waals surface area contributed by atoms with Crippen LogP contribution in [-0.2, 0) is 20.9 Å². The summed E-state index contributed by atoms with van der Waals surface area (Å²) in [4.78, 5) is 32.0. The van der Waals surface area contributed by atoms with Crippen molar-refractivity contribution in [2.75, 3.05) is 47.4 Å². The Morgan fingerprint density at radius 3 is 2.63 bits per heavy atom. The first-order valence-corrected chi connectivity index (χ1v) is 10.4. The van der Waals surface area contributed by atoms with Crippen molar-refractivity contribution in [1.29, 1.82) is 0 Å². The molecule has 1 amide bonds. The Kier molecular flexibility index (Phi) is 12.2. The zero-order valence-electron chi connectivity index (χ0n) is 18.7. The van der Waals surface area contributed by atoms with Crippen molar-refractivity contribution in [2.45, 2.75) is 39.2 Å². The molecule has 8 nitrogen and oxygen atoms in total. The van der Waals surface area contributed by atoms with E-state index < -0.39 is 5.97 Å². The summed E-state index contributed by atoms with van der Waals surface area (Å²) in [6.45, 7) is 3.95. The van der Waals surface area contributed by atoms with Crippen LogP contribution >= 0.6 is 0 Å². The average Bonchev–Trinajstić information content (AvgIpc) is 2.72. The first kappa shape index (κ1) is 25.4. The molecule has 1 aromatic rings. The minimum Gasteiger partial charge on any atom is -0.482 e. The van der Waals surface area contributed by atoms with Gasteiger partial charge in [0.2, 0.25) is 5.91 Å². The molecule has 0 bridgehead atoms.